The Morgan fingerprint density at radius 1 is 1.45 bits per heavy atom. The lowest BCUT2D eigenvalue weighted by molar-refractivity contribution is -0.120. The molecule has 1 rings (SSSR count). The molecule has 0 spiro atoms. The number of carbonyl (C=O) groups is 1. The molecule has 0 heterocycles. The molecule has 0 saturated carbocycles. The van der Waals surface area contributed by atoms with Gasteiger partial charge < -0.3 is 10.1 Å². The van der Waals surface area contributed by atoms with Gasteiger partial charge in [0.1, 0.15) is 0 Å². The standard InChI is InChI=1S/C15H21N3O2/c1-12(18(2)9-4-10-20-3)15(19)17-14-7-5-13(11-16)6-8-14/h5-8,12H,4,9-10H2,1-3H3,(H,17,19). The number of hydrogen-bond acceptors (Lipinski definition) is 4. The highest BCUT2D eigenvalue weighted by Crippen LogP contribution is 2.10. The van der Waals surface area contributed by atoms with Gasteiger partial charge in [0.2, 0.25) is 5.91 Å². The van der Waals surface area contributed by atoms with Crippen molar-refractivity contribution >= 4 is 11.6 Å². The number of anilines is 1. The summed E-state index contributed by atoms with van der Waals surface area (Å²) in [6.07, 6.45) is 0.890. The van der Waals surface area contributed by atoms with Gasteiger partial charge in [0, 0.05) is 25.9 Å². The molecule has 108 valence electrons. The normalized spacial score (nSPS) is 11.9. The van der Waals surface area contributed by atoms with E-state index in [2.05, 4.69) is 5.32 Å². The number of hydrogen-bond donors (Lipinski definition) is 1. The molecule has 5 nitrogen and oxygen atoms in total. The fraction of sp³-hybridized carbons (Fsp3) is 0.467. The van der Waals surface area contributed by atoms with Crippen molar-refractivity contribution in [1.29, 1.82) is 5.26 Å². The lowest BCUT2D eigenvalue weighted by Crippen LogP contribution is -2.40. The van der Waals surface area contributed by atoms with Gasteiger partial charge >= 0.3 is 0 Å². The van der Waals surface area contributed by atoms with Crippen LogP contribution in [0.3, 0.4) is 0 Å². The summed E-state index contributed by atoms with van der Waals surface area (Å²) < 4.78 is 5.00. The van der Waals surface area contributed by atoms with Crippen molar-refractivity contribution in [2.24, 2.45) is 0 Å². The van der Waals surface area contributed by atoms with E-state index in [1.54, 1.807) is 31.4 Å². The minimum atomic E-state index is -0.220. The second kappa shape index (κ2) is 8.31. The molecule has 1 amide bonds. The predicted octanol–water partition coefficient (Wildman–Crippen LogP) is 1.85. The molecule has 0 bridgehead atoms. The van der Waals surface area contributed by atoms with E-state index in [1.807, 2.05) is 24.9 Å². The lowest BCUT2D eigenvalue weighted by atomic mass is 10.2. The molecule has 5 heteroatoms. The number of carbonyl (C=O) groups excluding carboxylic acids is 1. The van der Waals surface area contributed by atoms with E-state index in [-0.39, 0.29) is 11.9 Å². The number of nitrogens with zero attached hydrogens (tertiary/aromatic N) is 2. The number of methoxy groups -OCH3 is 1. The highest BCUT2D eigenvalue weighted by atomic mass is 16.5. The van der Waals surface area contributed by atoms with Gasteiger partial charge in [0.15, 0.2) is 0 Å². The van der Waals surface area contributed by atoms with Crippen LogP contribution in [0.5, 0.6) is 0 Å². The molecule has 1 N–H and O–H groups in total. The fourth-order valence-electron chi connectivity index (χ4n) is 1.73. The van der Waals surface area contributed by atoms with Crippen molar-refractivity contribution < 1.29 is 9.53 Å². The van der Waals surface area contributed by atoms with Gasteiger partial charge in [0.25, 0.3) is 0 Å². The lowest BCUT2D eigenvalue weighted by Gasteiger charge is -2.23. The van der Waals surface area contributed by atoms with Crippen molar-refractivity contribution in [1.82, 2.24) is 4.90 Å². The van der Waals surface area contributed by atoms with Crippen LogP contribution in [0.15, 0.2) is 24.3 Å². The summed E-state index contributed by atoms with van der Waals surface area (Å²) in [6.45, 7) is 3.36. The average molecular weight is 275 g/mol. The summed E-state index contributed by atoms with van der Waals surface area (Å²) >= 11 is 0. The third-order valence-corrected chi connectivity index (χ3v) is 3.18. The monoisotopic (exact) mass is 275 g/mol. The second-order valence-electron chi connectivity index (χ2n) is 4.68. The molecule has 0 aliphatic heterocycles. The molecule has 0 radical (unpaired) electrons. The van der Waals surface area contributed by atoms with E-state index in [0.29, 0.717) is 17.9 Å². The summed E-state index contributed by atoms with van der Waals surface area (Å²) in [4.78, 5) is 14.1. The SMILES string of the molecule is COCCCN(C)C(C)C(=O)Nc1ccc(C#N)cc1. The van der Waals surface area contributed by atoms with E-state index in [0.717, 1.165) is 13.0 Å². The summed E-state index contributed by atoms with van der Waals surface area (Å²) in [6, 6.07) is 8.65. The van der Waals surface area contributed by atoms with Crippen LogP contribution in [0, 0.1) is 11.3 Å². The van der Waals surface area contributed by atoms with E-state index < -0.39 is 0 Å². The quantitative estimate of drug-likeness (QED) is 0.771. The third-order valence-electron chi connectivity index (χ3n) is 3.18. The number of amides is 1. The molecule has 0 aliphatic rings. The number of benzene rings is 1. The summed E-state index contributed by atoms with van der Waals surface area (Å²) in [7, 11) is 3.58. The van der Waals surface area contributed by atoms with Crippen molar-refractivity contribution in [2.45, 2.75) is 19.4 Å². The van der Waals surface area contributed by atoms with Gasteiger partial charge in [-0.15, -0.1) is 0 Å². The first kappa shape index (κ1) is 16.2. The zero-order valence-electron chi connectivity index (χ0n) is 12.2. The Bertz CT molecular complexity index is 465. The number of rotatable bonds is 7. The van der Waals surface area contributed by atoms with Crippen LogP contribution in [0.25, 0.3) is 0 Å². The molecule has 1 aromatic carbocycles. The Labute approximate surface area is 120 Å². The molecular weight excluding hydrogens is 254 g/mol. The van der Waals surface area contributed by atoms with Gasteiger partial charge in [0.05, 0.1) is 17.7 Å². The summed E-state index contributed by atoms with van der Waals surface area (Å²) in [5, 5.41) is 11.6. The maximum atomic E-state index is 12.1. The maximum Gasteiger partial charge on any atom is 0.241 e. The van der Waals surface area contributed by atoms with Gasteiger partial charge in [-0.1, -0.05) is 0 Å². The fourth-order valence-corrected chi connectivity index (χ4v) is 1.73. The minimum absolute atomic E-state index is 0.0605. The first-order valence-electron chi connectivity index (χ1n) is 6.58. The van der Waals surface area contributed by atoms with Crippen molar-refractivity contribution in [3.63, 3.8) is 0 Å². The number of likely N-dealkylation sites (N-methyl/N-ethyl adjacent to an activating group) is 1. The number of nitriles is 1. The molecule has 1 aromatic rings. The Hall–Kier alpha value is -1.90. The number of ether oxygens (including phenoxy) is 1. The zero-order valence-corrected chi connectivity index (χ0v) is 12.2. The maximum absolute atomic E-state index is 12.1. The van der Waals surface area contributed by atoms with Crippen LogP contribution < -0.4 is 5.32 Å². The Balaban J connectivity index is 2.50. The molecule has 0 aromatic heterocycles. The topological polar surface area (TPSA) is 65.4 Å². The van der Waals surface area contributed by atoms with Crippen LogP contribution >= 0.6 is 0 Å². The summed E-state index contributed by atoms with van der Waals surface area (Å²) in [5.74, 6) is -0.0605. The average Bonchev–Trinajstić information content (AvgIpc) is 2.47. The molecule has 0 aliphatic carbocycles. The summed E-state index contributed by atoms with van der Waals surface area (Å²) in [5.41, 5.74) is 1.28. The molecule has 1 unspecified atom stereocenters. The Morgan fingerprint density at radius 2 is 2.10 bits per heavy atom. The second-order valence-corrected chi connectivity index (χ2v) is 4.68. The van der Waals surface area contributed by atoms with E-state index >= 15 is 0 Å². The minimum Gasteiger partial charge on any atom is -0.385 e. The van der Waals surface area contributed by atoms with Gasteiger partial charge in [-0.25, -0.2) is 0 Å². The first-order valence-corrected chi connectivity index (χ1v) is 6.58. The van der Waals surface area contributed by atoms with Crippen molar-refractivity contribution in [2.75, 3.05) is 32.6 Å². The molecule has 0 fully saturated rings. The number of nitrogens with one attached hydrogen (secondary N) is 1. The zero-order chi connectivity index (χ0) is 15.0. The van der Waals surface area contributed by atoms with Crippen LogP contribution in [-0.2, 0) is 9.53 Å². The smallest absolute Gasteiger partial charge is 0.241 e. The molecular formula is C15H21N3O2. The van der Waals surface area contributed by atoms with Gasteiger partial charge in [-0.05, 0) is 44.7 Å². The van der Waals surface area contributed by atoms with Crippen LogP contribution in [0.1, 0.15) is 18.9 Å². The highest BCUT2D eigenvalue weighted by molar-refractivity contribution is 5.94. The predicted molar refractivity (Wildman–Crippen MR) is 78.4 cm³/mol. The van der Waals surface area contributed by atoms with Gasteiger partial charge in [-0.3, -0.25) is 9.69 Å². The largest absolute Gasteiger partial charge is 0.385 e. The van der Waals surface area contributed by atoms with E-state index in [9.17, 15) is 4.79 Å². The molecule has 20 heavy (non-hydrogen) atoms. The van der Waals surface area contributed by atoms with Crippen LogP contribution in [0.4, 0.5) is 5.69 Å². The first-order chi connectivity index (χ1) is 9.58. The van der Waals surface area contributed by atoms with Crippen LogP contribution in [-0.4, -0.2) is 44.2 Å². The van der Waals surface area contributed by atoms with Gasteiger partial charge in [-0.2, -0.15) is 5.26 Å². The Kier molecular flexibility index (Phi) is 6.71. The van der Waals surface area contributed by atoms with E-state index in [4.69, 9.17) is 10.00 Å². The Morgan fingerprint density at radius 3 is 2.65 bits per heavy atom. The third kappa shape index (κ3) is 5.00. The highest BCUT2D eigenvalue weighted by Gasteiger charge is 2.17. The van der Waals surface area contributed by atoms with Crippen LogP contribution in [0.2, 0.25) is 0 Å². The van der Waals surface area contributed by atoms with E-state index in [1.165, 1.54) is 0 Å². The van der Waals surface area contributed by atoms with Crippen molar-refractivity contribution in [3.8, 4) is 6.07 Å². The molecule has 1 atom stereocenters. The molecule has 0 saturated heterocycles. The van der Waals surface area contributed by atoms with Crippen molar-refractivity contribution in [3.05, 3.63) is 29.8 Å².